The molecule has 0 amide bonds. The summed E-state index contributed by atoms with van der Waals surface area (Å²) in [7, 11) is 1.28. The van der Waals surface area contributed by atoms with Crippen LogP contribution in [0.3, 0.4) is 0 Å². The van der Waals surface area contributed by atoms with Gasteiger partial charge in [0.1, 0.15) is 10.6 Å². The molecule has 0 aliphatic heterocycles. The third-order valence-electron chi connectivity index (χ3n) is 1.91. The summed E-state index contributed by atoms with van der Waals surface area (Å²) < 4.78 is 27.7. The monoisotopic (exact) mass is 326 g/mol. The third kappa shape index (κ3) is 4.25. The summed E-state index contributed by atoms with van der Waals surface area (Å²) in [4.78, 5) is -0.239. The Morgan fingerprint density at radius 3 is 2.50 bits per heavy atom. The van der Waals surface area contributed by atoms with Crippen molar-refractivity contribution in [3.63, 3.8) is 0 Å². The lowest BCUT2D eigenvalue weighted by atomic mass is 10.3. The van der Waals surface area contributed by atoms with Gasteiger partial charge in [0, 0.05) is 23.2 Å². The van der Waals surface area contributed by atoms with E-state index in [4.69, 9.17) is 38.6 Å². The Balaban J connectivity index is 2.96. The van der Waals surface area contributed by atoms with Crippen molar-refractivity contribution in [2.24, 2.45) is 0 Å². The summed E-state index contributed by atoms with van der Waals surface area (Å²) in [6, 6.07) is 2.48. The van der Waals surface area contributed by atoms with E-state index in [9.17, 15) is 8.42 Å². The van der Waals surface area contributed by atoms with Crippen LogP contribution in [0.25, 0.3) is 0 Å². The van der Waals surface area contributed by atoms with E-state index in [2.05, 4.69) is 11.8 Å². The van der Waals surface area contributed by atoms with Crippen molar-refractivity contribution >= 4 is 42.9 Å². The molecule has 7 heteroatoms. The summed E-state index contributed by atoms with van der Waals surface area (Å²) in [6.45, 7) is 2.06. The van der Waals surface area contributed by atoms with Gasteiger partial charge in [0.25, 0.3) is 9.05 Å². The zero-order chi connectivity index (χ0) is 13.8. The molecule has 0 radical (unpaired) electrons. The molecule has 0 unspecified atom stereocenters. The van der Waals surface area contributed by atoms with Gasteiger partial charge in [0.05, 0.1) is 16.7 Å². The average Bonchev–Trinajstić information content (AvgIpc) is 2.27. The number of rotatable bonds is 4. The first-order valence-electron chi connectivity index (χ1n) is 4.82. The summed E-state index contributed by atoms with van der Waals surface area (Å²) in [5.41, 5.74) is 0. The van der Waals surface area contributed by atoms with Crippen LogP contribution in [0, 0.1) is 11.8 Å². The average molecular weight is 328 g/mol. The van der Waals surface area contributed by atoms with Gasteiger partial charge in [-0.3, -0.25) is 0 Å². The number of benzene rings is 1. The van der Waals surface area contributed by atoms with Crippen molar-refractivity contribution in [3.8, 4) is 17.6 Å². The SMILES string of the molecule is CC#CCCOc1cc(Cl)c(S(=O)(=O)Cl)cc1Cl. The molecule has 18 heavy (non-hydrogen) atoms. The van der Waals surface area contributed by atoms with Crippen LogP contribution >= 0.6 is 33.9 Å². The zero-order valence-corrected chi connectivity index (χ0v) is 12.4. The van der Waals surface area contributed by atoms with E-state index in [0.29, 0.717) is 18.8 Å². The van der Waals surface area contributed by atoms with Gasteiger partial charge in [-0.15, -0.1) is 11.8 Å². The second kappa shape index (κ2) is 6.53. The highest BCUT2D eigenvalue weighted by Gasteiger charge is 2.18. The molecule has 98 valence electrons. The predicted octanol–water partition coefficient (Wildman–Crippen LogP) is 3.71. The molecular weight excluding hydrogens is 319 g/mol. The van der Waals surface area contributed by atoms with E-state index in [-0.39, 0.29) is 14.9 Å². The number of hydrogen-bond acceptors (Lipinski definition) is 3. The largest absolute Gasteiger partial charge is 0.491 e. The number of halogens is 3. The van der Waals surface area contributed by atoms with E-state index in [1.54, 1.807) is 6.92 Å². The molecule has 1 aromatic carbocycles. The molecule has 0 fully saturated rings. The van der Waals surface area contributed by atoms with Crippen LogP contribution < -0.4 is 4.74 Å². The topological polar surface area (TPSA) is 43.4 Å². The van der Waals surface area contributed by atoms with Crippen LogP contribution in [0.15, 0.2) is 17.0 Å². The summed E-state index contributed by atoms with van der Waals surface area (Å²) in [5, 5.41) is 0.0917. The standard InChI is InChI=1S/C11H9Cl3O3S/c1-2-3-4-5-17-10-6-9(13)11(7-8(10)12)18(14,15)16/h6-7H,4-5H2,1H3. The third-order valence-corrected chi connectivity index (χ3v) is 3.99. The van der Waals surface area contributed by atoms with Gasteiger partial charge in [0.2, 0.25) is 0 Å². The second-order valence-electron chi connectivity index (χ2n) is 3.18. The maximum Gasteiger partial charge on any atom is 0.262 e. The first kappa shape index (κ1) is 15.5. The predicted molar refractivity (Wildman–Crippen MR) is 73.1 cm³/mol. The minimum Gasteiger partial charge on any atom is -0.491 e. The van der Waals surface area contributed by atoms with Crippen molar-refractivity contribution in [1.82, 2.24) is 0 Å². The van der Waals surface area contributed by atoms with E-state index in [0.717, 1.165) is 6.07 Å². The van der Waals surface area contributed by atoms with Crippen LogP contribution in [0.2, 0.25) is 10.0 Å². The zero-order valence-electron chi connectivity index (χ0n) is 9.34. The lowest BCUT2D eigenvalue weighted by Crippen LogP contribution is -1.99. The molecule has 0 spiro atoms. The van der Waals surface area contributed by atoms with Gasteiger partial charge >= 0.3 is 0 Å². The lowest BCUT2D eigenvalue weighted by Gasteiger charge is -2.08. The minimum atomic E-state index is -3.92. The smallest absolute Gasteiger partial charge is 0.262 e. The van der Waals surface area contributed by atoms with E-state index < -0.39 is 9.05 Å². The molecule has 0 atom stereocenters. The fourth-order valence-electron chi connectivity index (χ4n) is 1.14. The first-order valence-corrected chi connectivity index (χ1v) is 7.89. The van der Waals surface area contributed by atoms with Gasteiger partial charge in [-0.25, -0.2) is 8.42 Å². The van der Waals surface area contributed by atoms with Crippen molar-refractivity contribution < 1.29 is 13.2 Å². The minimum absolute atomic E-state index is 0.0361. The number of ether oxygens (including phenoxy) is 1. The highest BCUT2D eigenvalue weighted by molar-refractivity contribution is 8.13. The first-order chi connectivity index (χ1) is 8.36. The molecule has 0 saturated heterocycles. The molecule has 1 aromatic rings. The van der Waals surface area contributed by atoms with Crippen LogP contribution in [-0.2, 0) is 9.05 Å². The maximum absolute atomic E-state index is 11.2. The van der Waals surface area contributed by atoms with E-state index in [1.165, 1.54) is 6.07 Å². The van der Waals surface area contributed by atoms with Crippen LogP contribution in [-0.4, -0.2) is 15.0 Å². The van der Waals surface area contributed by atoms with Crippen LogP contribution in [0.4, 0.5) is 0 Å². The highest BCUT2D eigenvalue weighted by Crippen LogP contribution is 2.34. The Morgan fingerprint density at radius 2 is 1.94 bits per heavy atom. The molecule has 3 nitrogen and oxygen atoms in total. The van der Waals surface area contributed by atoms with Gasteiger partial charge in [-0.2, -0.15) is 0 Å². The maximum atomic E-state index is 11.2. The quantitative estimate of drug-likeness (QED) is 0.481. The van der Waals surface area contributed by atoms with Gasteiger partial charge in [-0.05, 0) is 13.0 Å². The van der Waals surface area contributed by atoms with Crippen molar-refractivity contribution in [2.45, 2.75) is 18.2 Å². The fraction of sp³-hybridized carbons (Fsp3) is 0.273. The summed E-state index contributed by atoms with van der Waals surface area (Å²) in [6.07, 6.45) is 0.542. The van der Waals surface area contributed by atoms with E-state index in [1.807, 2.05) is 0 Å². The summed E-state index contributed by atoms with van der Waals surface area (Å²) >= 11 is 11.7. The molecule has 0 aliphatic rings. The summed E-state index contributed by atoms with van der Waals surface area (Å²) in [5.74, 6) is 5.84. The molecule has 0 aromatic heterocycles. The Bertz CT molecular complexity index is 600. The van der Waals surface area contributed by atoms with Gasteiger partial charge in [-0.1, -0.05) is 23.2 Å². The Morgan fingerprint density at radius 1 is 1.28 bits per heavy atom. The molecule has 0 N–H and O–H groups in total. The van der Waals surface area contributed by atoms with Gasteiger partial charge < -0.3 is 4.74 Å². The van der Waals surface area contributed by atoms with Crippen molar-refractivity contribution in [3.05, 3.63) is 22.2 Å². The Kier molecular flexibility index (Phi) is 5.61. The molecule has 0 bridgehead atoms. The molecule has 0 saturated carbocycles. The van der Waals surface area contributed by atoms with E-state index >= 15 is 0 Å². The highest BCUT2D eigenvalue weighted by atomic mass is 35.7. The molecule has 1 rings (SSSR count). The van der Waals surface area contributed by atoms with Gasteiger partial charge in [0.15, 0.2) is 0 Å². The van der Waals surface area contributed by atoms with Crippen molar-refractivity contribution in [2.75, 3.05) is 6.61 Å². The molecule has 0 heterocycles. The van der Waals surface area contributed by atoms with Crippen molar-refractivity contribution in [1.29, 1.82) is 0 Å². The number of hydrogen-bond donors (Lipinski definition) is 0. The molecular formula is C11H9Cl3O3S. The lowest BCUT2D eigenvalue weighted by molar-refractivity contribution is 0.327. The molecule has 0 aliphatic carbocycles. The normalized spacial score (nSPS) is 10.7. The van der Waals surface area contributed by atoms with Crippen LogP contribution in [0.1, 0.15) is 13.3 Å². The Labute approximate surface area is 120 Å². The van der Waals surface area contributed by atoms with Crippen LogP contribution in [0.5, 0.6) is 5.75 Å². The fourth-order valence-corrected chi connectivity index (χ4v) is 2.94. The Hall–Kier alpha value is -0.600. The second-order valence-corrected chi connectivity index (χ2v) is 6.52.